The van der Waals surface area contributed by atoms with Gasteiger partial charge in [0.15, 0.2) is 0 Å². The highest BCUT2D eigenvalue weighted by atomic mass is 31.1. The van der Waals surface area contributed by atoms with E-state index < -0.39 is 16.0 Å². The molecule has 100 valence electrons. The Hall–Kier alpha value is -0.340. The Morgan fingerprint density at radius 2 is 1.17 bits per heavy atom. The van der Waals surface area contributed by atoms with Crippen LogP contribution >= 0.6 is 16.0 Å². The molecule has 0 heterocycles. The van der Waals surface area contributed by atoms with Gasteiger partial charge < -0.3 is 9.79 Å². The van der Waals surface area contributed by atoms with Crippen molar-refractivity contribution in [1.29, 1.82) is 0 Å². The largest absolute Gasteiger partial charge is 0.602 e. The fraction of sp³-hybridized carbons (Fsp3) is 0.500. The molecule has 0 saturated carbocycles. The molecule has 6 heteroatoms. The molecule has 2 unspecified atom stereocenters. The maximum Gasteiger partial charge on any atom is 0.234 e. The fourth-order valence-corrected chi connectivity index (χ4v) is 3.69. The maximum absolute atomic E-state index is 12.0. The van der Waals surface area contributed by atoms with E-state index in [1.54, 1.807) is 52.0 Å². The van der Waals surface area contributed by atoms with Gasteiger partial charge in [0, 0.05) is 0 Å². The van der Waals surface area contributed by atoms with Gasteiger partial charge in [-0.3, -0.25) is 0 Å². The third-order valence-corrected chi connectivity index (χ3v) is 4.86. The first kappa shape index (κ1) is 15.7. The Kier molecular flexibility index (Phi) is 6.37. The van der Waals surface area contributed by atoms with E-state index >= 15 is 0 Å². The molecule has 1 aliphatic carbocycles. The minimum atomic E-state index is -2.01. The van der Waals surface area contributed by atoms with Crippen molar-refractivity contribution in [1.82, 2.24) is 0 Å². The smallest absolute Gasteiger partial charge is 0.234 e. The Balaban J connectivity index is 3.09. The zero-order chi connectivity index (χ0) is 13.7. The Morgan fingerprint density at radius 3 is 1.44 bits per heavy atom. The van der Waals surface area contributed by atoms with E-state index in [1.807, 2.05) is 0 Å². The summed E-state index contributed by atoms with van der Waals surface area (Å²) in [4.78, 5) is 24.0. The van der Waals surface area contributed by atoms with Crippen LogP contribution in [0, 0.1) is 0 Å². The summed E-state index contributed by atoms with van der Waals surface area (Å²) in [6.07, 6.45) is 6.51. The molecule has 1 rings (SSSR count). The van der Waals surface area contributed by atoms with Gasteiger partial charge in [-0.2, -0.15) is 9.05 Å². The van der Waals surface area contributed by atoms with Gasteiger partial charge in [-0.15, -0.1) is 0 Å². The third-order valence-electron chi connectivity index (χ3n) is 1.89. The number of hydrogen-bond acceptors (Lipinski definition) is 4. The quantitative estimate of drug-likeness (QED) is 0.738. The Labute approximate surface area is 110 Å². The van der Waals surface area contributed by atoms with Gasteiger partial charge in [0.1, 0.15) is 12.2 Å². The van der Waals surface area contributed by atoms with E-state index in [0.29, 0.717) is 10.6 Å². The molecular weight excluding hydrogens is 270 g/mol. The highest BCUT2D eigenvalue weighted by molar-refractivity contribution is 7.59. The van der Waals surface area contributed by atoms with Gasteiger partial charge in [-0.1, -0.05) is 12.2 Å². The van der Waals surface area contributed by atoms with Crippen LogP contribution in [0.1, 0.15) is 27.7 Å². The summed E-state index contributed by atoms with van der Waals surface area (Å²) in [5.41, 5.74) is 0. The van der Waals surface area contributed by atoms with E-state index in [1.165, 1.54) is 0 Å². The van der Waals surface area contributed by atoms with Crippen molar-refractivity contribution >= 4 is 26.6 Å². The third kappa shape index (κ3) is 4.74. The molecule has 0 N–H and O–H groups in total. The summed E-state index contributed by atoms with van der Waals surface area (Å²) in [6, 6.07) is 0. The molecule has 0 saturated heterocycles. The zero-order valence-electron chi connectivity index (χ0n) is 11.0. The van der Waals surface area contributed by atoms with Crippen molar-refractivity contribution in [2.45, 2.75) is 39.9 Å². The van der Waals surface area contributed by atoms with E-state index in [-0.39, 0.29) is 12.2 Å². The van der Waals surface area contributed by atoms with Crippen LogP contribution in [0.15, 0.2) is 24.3 Å². The molecule has 18 heavy (non-hydrogen) atoms. The van der Waals surface area contributed by atoms with E-state index in [9.17, 15) is 9.79 Å². The minimum Gasteiger partial charge on any atom is -0.602 e. The zero-order valence-corrected chi connectivity index (χ0v) is 12.8. The van der Waals surface area contributed by atoms with Gasteiger partial charge >= 0.3 is 0 Å². The lowest BCUT2D eigenvalue weighted by Gasteiger charge is -2.09. The topological polar surface area (TPSA) is 64.6 Å². The second-order valence-corrected chi connectivity index (χ2v) is 6.72. The lowest BCUT2D eigenvalue weighted by Crippen LogP contribution is -2.19. The van der Waals surface area contributed by atoms with Crippen molar-refractivity contribution < 1.29 is 18.8 Å². The molecule has 2 atom stereocenters. The monoisotopic (exact) mass is 288 g/mol. The number of hydrogen-bond donors (Lipinski definition) is 0. The highest BCUT2D eigenvalue weighted by Crippen LogP contribution is 2.28. The summed E-state index contributed by atoms with van der Waals surface area (Å²) < 4.78 is 10.5. The second-order valence-electron chi connectivity index (χ2n) is 4.31. The summed E-state index contributed by atoms with van der Waals surface area (Å²) in [6.45, 7) is 7.22. The van der Waals surface area contributed by atoms with Crippen LogP contribution in [-0.4, -0.2) is 22.8 Å². The molecule has 1 aliphatic rings. The molecule has 0 aromatic carbocycles. The van der Waals surface area contributed by atoms with Crippen LogP contribution < -0.4 is 9.79 Å². The normalized spacial score (nSPS) is 20.9. The van der Waals surface area contributed by atoms with Crippen LogP contribution in [0.2, 0.25) is 0 Å². The molecule has 0 aromatic rings. The Morgan fingerprint density at radius 1 is 0.833 bits per heavy atom. The van der Waals surface area contributed by atoms with E-state index in [0.717, 1.165) is 0 Å². The lowest BCUT2D eigenvalue weighted by molar-refractivity contribution is -0.176. The van der Waals surface area contributed by atoms with Crippen LogP contribution in [0.3, 0.4) is 0 Å². The van der Waals surface area contributed by atoms with Crippen molar-refractivity contribution in [3.05, 3.63) is 24.3 Å². The van der Waals surface area contributed by atoms with Gasteiger partial charge in [0.2, 0.25) is 26.6 Å². The van der Waals surface area contributed by atoms with Gasteiger partial charge in [0.05, 0.1) is 0 Å². The van der Waals surface area contributed by atoms with E-state index in [2.05, 4.69) is 0 Å². The van der Waals surface area contributed by atoms with Crippen LogP contribution in [-0.2, 0) is 9.05 Å². The molecule has 0 amide bonds. The predicted octanol–water partition coefficient (Wildman–Crippen LogP) is 1.65. The summed E-state index contributed by atoms with van der Waals surface area (Å²) in [7, 11) is -4.01. The molecule has 4 nitrogen and oxygen atoms in total. The fourth-order valence-electron chi connectivity index (χ4n) is 1.27. The van der Waals surface area contributed by atoms with Crippen molar-refractivity contribution in [2.75, 3.05) is 0 Å². The number of rotatable bonds is 4. The first-order chi connectivity index (χ1) is 8.41. The van der Waals surface area contributed by atoms with Crippen molar-refractivity contribution in [3.63, 3.8) is 0 Å². The first-order valence-corrected chi connectivity index (χ1v) is 8.14. The van der Waals surface area contributed by atoms with Crippen molar-refractivity contribution in [2.24, 2.45) is 0 Å². The molecule has 0 spiro atoms. The van der Waals surface area contributed by atoms with Crippen LogP contribution in [0.25, 0.3) is 0 Å². The van der Waals surface area contributed by atoms with Gasteiger partial charge in [-0.25, -0.2) is 0 Å². The van der Waals surface area contributed by atoms with Gasteiger partial charge in [-0.05, 0) is 39.8 Å². The lowest BCUT2D eigenvalue weighted by atomic mass is 10.2. The molecule has 0 aromatic heterocycles. The summed E-state index contributed by atoms with van der Waals surface area (Å²) in [5.74, 6) is 0. The standard InChI is InChI=1S/C12H18O4P2/c1-9(2)15-17(13)11-7-5-6-8-12(11)18(14)16-10(3)4/h5-10H,1-4H3. The second kappa shape index (κ2) is 7.30. The highest BCUT2D eigenvalue weighted by Gasteiger charge is 2.25. The molecule has 0 radical (unpaired) electrons. The summed E-state index contributed by atoms with van der Waals surface area (Å²) in [5, 5.41) is 0.894. The molecular formula is C12H18O4P2. The average Bonchev–Trinajstić information content (AvgIpc) is 2.27. The molecule has 0 fully saturated rings. The average molecular weight is 288 g/mol. The van der Waals surface area contributed by atoms with Crippen molar-refractivity contribution in [3.8, 4) is 0 Å². The van der Waals surface area contributed by atoms with Gasteiger partial charge in [0.25, 0.3) is 0 Å². The maximum atomic E-state index is 12.0. The molecule has 0 bridgehead atoms. The Bertz CT molecular complexity index is 380. The molecule has 0 aliphatic heterocycles. The SMILES string of the molecule is CC(C)O[P+]([O-])=C1C=CC=CC1=[P+]([O-])OC(C)C. The summed E-state index contributed by atoms with van der Waals surface area (Å²) >= 11 is 0. The number of allylic oxidation sites excluding steroid dienone is 4. The van der Waals surface area contributed by atoms with Crippen LogP contribution in [0.5, 0.6) is 0 Å². The predicted molar refractivity (Wildman–Crippen MR) is 74.6 cm³/mol. The first-order valence-electron chi connectivity index (χ1n) is 5.79. The van der Waals surface area contributed by atoms with E-state index in [4.69, 9.17) is 9.05 Å². The van der Waals surface area contributed by atoms with Crippen LogP contribution in [0.4, 0.5) is 0 Å². The minimum absolute atomic E-state index is 0.148.